The van der Waals surface area contributed by atoms with E-state index in [9.17, 15) is 9.18 Å². The Morgan fingerprint density at radius 1 is 1.07 bits per heavy atom. The van der Waals surface area contributed by atoms with Crippen LogP contribution in [0.5, 0.6) is 0 Å². The Morgan fingerprint density at radius 2 is 1.89 bits per heavy atom. The lowest BCUT2D eigenvalue weighted by Gasteiger charge is -2.07. The Hall–Kier alpha value is -2.54. The quantitative estimate of drug-likeness (QED) is 0.531. The van der Waals surface area contributed by atoms with Crippen LogP contribution in [0, 0.1) is 5.82 Å². The van der Waals surface area contributed by atoms with Crippen molar-refractivity contribution in [2.45, 2.75) is 0 Å². The molecule has 1 aliphatic heterocycles. The highest BCUT2D eigenvalue weighted by Gasteiger charge is 2.24. The summed E-state index contributed by atoms with van der Waals surface area (Å²) in [5.74, 6) is -0.636. The zero-order chi connectivity index (χ0) is 19.7. The number of rotatable bonds is 3. The predicted molar refractivity (Wildman–Crippen MR) is 113 cm³/mol. The summed E-state index contributed by atoms with van der Waals surface area (Å²) < 4.78 is 15.8. The third-order valence-corrected chi connectivity index (χ3v) is 5.69. The lowest BCUT2D eigenvalue weighted by atomic mass is 10.3. The molecule has 0 atom stereocenters. The SMILES string of the molecule is O=C1NC(=Nc2cccc(Cl)c2Cl)S/C1=C/c1cccn1-c1ccccc1F. The maximum atomic E-state index is 14.1. The fourth-order valence-electron chi connectivity index (χ4n) is 2.68. The lowest BCUT2D eigenvalue weighted by molar-refractivity contribution is -0.115. The molecule has 0 bridgehead atoms. The fourth-order valence-corrected chi connectivity index (χ4v) is 3.84. The standard InChI is InChI=1S/C20H12Cl2FN3OS/c21-13-6-3-8-15(18(13)22)24-20-25-19(27)17(28-20)11-12-5-4-10-26(12)16-9-2-1-7-14(16)23/h1-11H,(H,24,25,27)/b17-11+. The Bertz CT molecular complexity index is 1140. The number of aliphatic imine (C=N–C) groups is 1. The third-order valence-electron chi connectivity index (χ3n) is 3.98. The summed E-state index contributed by atoms with van der Waals surface area (Å²) in [7, 11) is 0. The molecule has 2 aromatic carbocycles. The van der Waals surface area contributed by atoms with Gasteiger partial charge in [-0.05, 0) is 54.2 Å². The first-order chi connectivity index (χ1) is 13.5. The van der Waals surface area contributed by atoms with Gasteiger partial charge in [0.05, 0.1) is 26.3 Å². The average molecular weight is 432 g/mol. The first-order valence-electron chi connectivity index (χ1n) is 8.19. The fraction of sp³-hybridized carbons (Fsp3) is 0. The van der Waals surface area contributed by atoms with Crippen molar-refractivity contribution in [3.05, 3.63) is 87.3 Å². The van der Waals surface area contributed by atoms with Crippen LogP contribution in [0.3, 0.4) is 0 Å². The maximum Gasteiger partial charge on any atom is 0.264 e. The van der Waals surface area contributed by atoms with Crippen LogP contribution in [0.25, 0.3) is 11.8 Å². The molecule has 1 saturated heterocycles. The van der Waals surface area contributed by atoms with Gasteiger partial charge in [-0.25, -0.2) is 9.38 Å². The molecule has 28 heavy (non-hydrogen) atoms. The summed E-state index contributed by atoms with van der Waals surface area (Å²) >= 11 is 13.3. The second-order valence-electron chi connectivity index (χ2n) is 5.81. The summed E-state index contributed by atoms with van der Waals surface area (Å²) in [5.41, 5.74) is 1.54. The van der Waals surface area contributed by atoms with Crippen LogP contribution < -0.4 is 5.32 Å². The van der Waals surface area contributed by atoms with Crippen molar-refractivity contribution in [2.75, 3.05) is 0 Å². The van der Waals surface area contributed by atoms with Crippen LogP contribution in [-0.4, -0.2) is 15.6 Å². The number of aromatic nitrogens is 1. The maximum absolute atomic E-state index is 14.1. The monoisotopic (exact) mass is 431 g/mol. The number of nitrogens with one attached hydrogen (secondary N) is 1. The normalized spacial score (nSPS) is 16.8. The Balaban J connectivity index is 1.65. The van der Waals surface area contributed by atoms with Gasteiger partial charge >= 0.3 is 0 Å². The molecule has 1 N–H and O–H groups in total. The molecule has 4 nitrogen and oxygen atoms in total. The molecule has 8 heteroatoms. The van der Waals surface area contributed by atoms with Crippen molar-refractivity contribution in [1.29, 1.82) is 0 Å². The minimum absolute atomic E-state index is 0.289. The molecule has 0 saturated carbocycles. The molecule has 1 amide bonds. The smallest absolute Gasteiger partial charge is 0.264 e. The first-order valence-corrected chi connectivity index (χ1v) is 9.76. The van der Waals surface area contributed by atoms with E-state index in [1.54, 1.807) is 65.4 Å². The second kappa shape index (κ2) is 7.83. The largest absolute Gasteiger partial charge is 0.314 e. The van der Waals surface area contributed by atoms with Gasteiger partial charge in [-0.3, -0.25) is 4.79 Å². The average Bonchev–Trinajstić information content (AvgIpc) is 3.26. The van der Waals surface area contributed by atoms with E-state index in [0.717, 1.165) is 0 Å². The van der Waals surface area contributed by atoms with Gasteiger partial charge in [-0.15, -0.1) is 0 Å². The molecule has 0 aliphatic carbocycles. The molecule has 4 rings (SSSR count). The highest BCUT2D eigenvalue weighted by Crippen LogP contribution is 2.34. The number of thioether (sulfide) groups is 1. The van der Waals surface area contributed by atoms with Crippen molar-refractivity contribution in [1.82, 2.24) is 9.88 Å². The molecule has 0 unspecified atom stereocenters. The van der Waals surface area contributed by atoms with Gasteiger partial charge in [0.1, 0.15) is 5.82 Å². The number of hydrogen-bond acceptors (Lipinski definition) is 3. The Morgan fingerprint density at radius 3 is 2.71 bits per heavy atom. The highest BCUT2D eigenvalue weighted by molar-refractivity contribution is 8.18. The first kappa shape index (κ1) is 18.8. The molecule has 0 spiro atoms. The van der Waals surface area contributed by atoms with Crippen LogP contribution in [0.2, 0.25) is 10.0 Å². The number of benzene rings is 2. The van der Waals surface area contributed by atoms with E-state index in [-0.39, 0.29) is 11.7 Å². The number of amides is 1. The predicted octanol–water partition coefficient (Wildman–Crippen LogP) is 5.81. The van der Waals surface area contributed by atoms with Crippen molar-refractivity contribution >= 4 is 57.8 Å². The second-order valence-corrected chi connectivity index (χ2v) is 7.62. The van der Waals surface area contributed by atoms with Crippen LogP contribution in [0.1, 0.15) is 5.69 Å². The summed E-state index contributed by atoms with van der Waals surface area (Å²) in [4.78, 5) is 17.1. The number of hydrogen-bond donors (Lipinski definition) is 1. The molecule has 140 valence electrons. The van der Waals surface area contributed by atoms with Crippen LogP contribution >= 0.6 is 35.0 Å². The van der Waals surface area contributed by atoms with Crippen molar-refractivity contribution in [3.63, 3.8) is 0 Å². The van der Waals surface area contributed by atoms with Crippen LogP contribution in [0.15, 0.2) is 70.7 Å². The van der Waals surface area contributed by atoms with E-state index in [4.69, 9.17) is 23.2 Å². The number of para-hydroxylation sites is 1. The van der Waals surface area contributed by atoms with E-state index >= 15 is 0 Å². The van der Waals surface area contributed by atoms with Gasteiger partial charge in [0, 0.05) is 11.9 Å². The topological polar surface area (TPSA) is 46.4 Å². The van der Waals surface area contributed by atoms with Gasteiger partial charge in [-0.2, -0.15) is 0 Å². The minimum Gasteiger partial charge on any atom is -0.314 e. The summed E-state index contributed by atoms with van der Waals surface area (Å²) in [6, 6.07) is 15.1. The summed E-state index contributed by atoms with van der Waals surface area (Å²) in [6.45, 7) is 0. The third kappa shape index (κ3) is 3.71. The molecule has 1 aliphatic rings. The van der Waals surface area contributed by atoms with Crippen molar-refractivity contribution in [3.8, 4) is 5.69 Å². The van der Waals surface area contributed by atoms with Crippen molar-refractivity contribution in [2.24, 2.45) is 4.99 Å². The summed E-state index contributed by atoms with van der Waals surface area (Å²) in [6.07, 6.45) is 3.43. The number of nitrogens with zero attached hydrogens (tertiary/aromatic N) is 2. The zero-order valence-corrected chi connectivity index (χ0v) is 16.5. The van der Waals surface area contributed by atoms with Gasteiger partial charge in [0.25, 0.3) is 5.91 Å². The number of carbonyl (C=O) groups excluding carboxylic acids is 1. The molecule has 3 aromatic rings. The molecular weight excluding hydrogens is 420 g/mol. The Kier molecular flexibility index (Phi) is 5.26. The minimum atomic E-state index is -0.347. The van der Waals surface area contributed by atoms with Crippen LogP contribution in [0.4, 0.5) is 10.1 Å². The number of halogens is 3. The van der Waals surface area contributed by atoms with Gasteiger partial charge in [-0.1, -0.05) is 41.4 Å². The highest BCUT2D eigenvalue weighted by atomic mass is 35.5. The van der Waals surface area contributed by atoms with E-state index in [2.05, 4.69) is 10.3 Å². The van der Waals surface area contributed by atoms with E-state index in [1.807, 2.05) is 0 Å². The number of carbonyl (C=O) groups is 1. The molecule has 2 heterocycles. The van der Waals surface area contributed by atoms with Crippen molar-refractivity contribution < 1.29 is 9.18 Å². The lowest BCUT2D eigenvalue weighted by Crippen LogP contribution is -2.19. The molecule has 1 aromatic heterocycles. The van der Waals surface area contributed by atoms with Crippen LogP contribution in [-0.2, 0) is 4.79 Å². The molecular formula is C20H12Cl2FN3OS. The van der Waals surface area contributed by atoms with Gasteiger partial charge in [0.15, 0.2) is 5.17 Å². The Labute approximate surface area is 174 Å². The van der Waals surface area contributed by atoms with Gasteiger partial charge in [0.2, 0.25) is 0 Å². The molecule has 1 fully saturated rings. The van der Waals surface area contributed by atoms with Gasteiger partial charge < -0.3 is 9.88 Å². The molecule has 0 radical (unpaired) electrons. The van der Waals surface area contributed by atoms with E-state index in [0.29, 0.717) is 37.2 Å². The summed E-state index contributed by atoms with van der Waals surface area (Å²) in [5, 5.41) is 3.80. The van der Waals surface area contributed by atoms with E-state index in [1.165, 1.54) is 17.8 Å². The zero-order valence-electron chi connectivity index (χ0n) is 14.2. The van der Waals surface area contributed by atoms with E-state index < -0.39 is 0 Å². The number of amidine groups is 1.